The summed E-state index contributed by atoms with van der Waals surface area (Å²) in [6, 6.07) is 10.5. The van der Waals surface area contributed by atoms with Gasteiger partial charge in [-0.2, -0.15) is 5.26 Å². The predicted molar refractivity (Wildman–Crippen MR) is 75.2 cm³/mol. The number of carboxylic acid groups (broad SMARTS) is 1. The van der Waals surface area contributed by atoms with Gasteiger partial charge in [0.2, 0.25) is 5.76 Å². The first-order valence-corrected chi connectivity index (χ1v) is 6.78. The highest BCUT2D eigenvalue weighted by atomic mass is 16.6. The average Bonchev–Trinajstić information content (AvgIpc) is 3.01. The van der Waals surface area contributed by atoms with E-state index in [1.54, 1.807) is 18.2 Å². The molecule has 1 aromatic heterocycles. The maximum Gasteiger partial charge on any atom is 0.371 e. The topological polar surface area (TPSA) is 92.7 Å². The van der Waals surface area contributed by atoms with Gasteiger partial charge in [-0.05, 0) is 29.8 Å². The van der Waals surface area contributed by atoms with Crippen LogP contribution in [0.3, 0.4) is 0 Å². The number of carbonyl (C=O) groups is 1. The minimum absolute atomic E-state index is 0.131. The summed E-state index contributed by atoms with van der Waals surface area (Å²) in [7, 11) is 0. The number of aromatic carboxylic acids is 1. The first kappa shape index (κ1) is 14.0. The average molecular weight is 299 g/mol. The zero-order chi connectivity index (χ0) is 15.5. The smallest absolute Gasteiger partial charge is 0.371 e. The molecule has 1 N–H and O–H groups in total. The van der Waals surface area contributed by atoms with E-state index in [-0.39, 0.29) is 5.76 Å². The van der Waals surface area contributed by atoms with Gasteiger partial charge in [0, 0.05) is 6.42 Å². The first-order valence-electron chi connectivity index (χ1n) is 6.78. The molecule has 3 rings (SSSR count). The molecule has 2 aromatic rings. The predicted octanol–water partition coefficient (Wildman–Crippen LogP) is 2.60. The van der Waals surface area contributed by atoms with Crippen molar-refractivity contribution in [2.75, 3.05) is 13.2 Å². The molecule has 22 heavy (non-hydrogen) atoms. The largest absolute Gasteiger partial charge is 0.486 e. The fraction of sp³-hybridized carbons (Fsp3) is 0.250. The molecule has 0 saturated heterocycles. The number of furan rings is 1. The molecule has 0 amide bonds. The number of nitrogens with zero attached hydrogens (tertiary/aromatic N) is 1. The van der Waals surface area contributed by atoms with E-state index in [1.165, 1.54) is 6.07 Å². The van der Waals surface area contributed by atoms with Crippen LogP contribution in [0, 0.1) is 11.3 Å². The maximum atomic E-state index is 10.8. The van der Waals surface area contributed by atoms with Crippen LogP contribution in [0.4, 0.5) is 0 Å². The van der Waals surface area contributed by atoms with Gasteiger partial charge in [-0.15, -0.1) is 0 Å². The fourth-order valence-corrected chi connectivity index (χ4v) is 2.32. The lowest BCUT2D eigenvalue weighted by Crippen LogP contribution is -2.15. The van der Waals surface area contributed by atoms with Crippen LogP contribution in [0.5, 0.6) is 11.5 Å². The van der Waals surface area contributed by atoms with Crippen LogP contribution in [0.15, 0.2) is 34.7 Å². The van der Waals surface area contributed by atoms with Gasteiger partial charge in [-0.25, -0.2) is 4.79 Å². The molecule has 6 nitrogen and oxygen atoms in total. The lowest BCUT2D eigenvalue weighted by molar-refractivity contribution is 0.0660. The van der Waals surface area contributed by atoms with E-state index in [9.17, 15) is 10.1 Å². The molecule has 0 saturated carbocycles. The quantitative estimate of drug-likeness (QED) is 0.932. The van der Waals surface area contributed by atoms with Gasteiger partial charge in [0.05, 0.1) is 12.0 Å². The van der Waals surface area contributed by atoms with Crippen LogP contribution in [0.2, 0.25) is 0 Å². The summed E-state index contributed by atoms with van der Waals surface area (Å²) in [5.74, 6) is 0.0305. The summed E-state index contributed by atoms with van der Waals surface area (Å²) in [5.41, 5.74) is 0.778. The zero-order valence-electron chi connectivity index (χ0n) is 11.6. The normalized spacial score (nSPS) is 14.1. The molecule has 1 atom stereocenters. The molecule has 1 aliphatic heterocycles. The van der Waals surface area contributed by atoms with Crippen molar-refractivity contribution in [1.82, 2.24) is 0 Å². The maximum absolute atomic E-state index is 10.8. The molecule has 112 valence electrons. The lowest BCUT2D eigenvalue weighted by atomic mass is 9.95. The standard InChI is InChI=1S/C16H13NO5/c17-9-11(7-12-2-4-14(22-12)16(18)19)10-1-3-13-15(8-10)21-6-5-20-13/h1-4,8,11H,5-7H2,(H,18,19). The molecular formula is C16H13NO5. The number of nitriles is 1. The monoisotopic (exact) mass is 299 g/mol. The van der Waals surface area contributed by atoms with Gasteiger partial charge in [0.15, 0.2) is 11.5 Å². The lowest BCUT2D eigenvalue weighted by Gasteiger charge is -2.19. The third kappa shape index (κ3) is 2.74. The Kier molecular flexibility index (Phi) is 3.71. The summed E-state index contributed by atoms with van der Waals surface area (Å²) < 4.78 is 16.2. The molecule has 2 heterocycles. The Morgan fingerprint density at radius 2 is 2.00 bits per heavy atom. The van der Waals surface area contributed by atoms with Crippen molar-refractivity contribution in [2.24, 2.45) is 0 Å². The van der Waals surface area contributed by atoms with Crippen molar-refractivity contribution in [1.29, 1.82) is 5.26 Å². The number of rotatable bonds is 4. The number of benzene rings is 1. The van der Waals surface area contributed by atoms with E-state index in [0.29, 0.717) is 36.9 Å². The van der Waals surface area contributed by atoms with E-state index >= 15 is 0 Å². The first-order chi connectivity index (χ1) is 10.7. The molecule has 0 aliphatic carbocycles. The number of hydrogen-bond acceptors (Lipinski definition) is 5. The minimum Gasteiger partial charge on any atom is -0.486 e. The van der Waals surface area contributed by atoms with Gasteiger partial charge < -0.3 is 19.0 Å². The van der Waals surface area contributed by atoms with E-state index in [1.807, 2.05) is 6.07 Å². The Hall–Kier alpha value is -2.94. The highest BCUT2D eigenvalue weighted by Crippen LogP contribution is 2.34. The SMILES string of the molecule is N#CC(Cc1ccc(C(=O)O)o1)c1ccc2c(c1)OCCO2. The van der Waals surface area contributed by atoms with Crippen molar-refractivity contribution in [2.45, 2.75) is 12.3 Å². The van der Waals surface area contributed by atoms with Crippen molar-refractivity contribution < 1.29 is 23.8 Å². The van der Waals surface area contributed by atoms with Crippen LogP contribution in [0.25, 0.3) is 0 Å². The van der Waals surface area contributed by atoms with E-state index in [2.05, 4.69) is 6.07 Å². The van der Waals surface area contributed by atoms with E-state index in [0.717, 1.165) is 5.56 Å². The fourth-order valence-electron chi connectivity index (χ4n) is 2.32. The van der Waals surface area contributed by atoms with Gasteiger partial charge in [-0.3, -0.25) is 0 Å². The van der Waals surface area contributed by atoms with Crippen molar-refractivity contribution in [3.63, 3.8) is 0 Å². The second kappa shape index (κ2) is 5.82. The Bertz CT molecular complexity index is 743. The highest BCUT2D eigenvalue weighted by Gasteiger charge is 2.19. The van der Waals surface area contributed by atoms with Gasteiger partial charge in [-0.1, -0.05) is 6.07 Å². The van der Waals surface area contributed by atoms with Crippen molar-refractivity contribution in [3.05, 3.63) is 47.4 Å². The third-order valence-corrected chi connectivity index (χ3v) is 3.40. The van der Waals surface area contributed by atoms with Gasteiger partial charge >= 0.3 is 5.97 Å². The summed E-state index contributed by atoms with van der Waals surface area (Å²) in [6.45, 7) is 0.992. The number of fused-ring (bicyclic) bond motifs is 1. The minimum atomic E-state index is -1.13. The molecule has 6 heteroatoms. The van der Waals surface area contributed by atoms with Gasteiger partial charge in [0.25, 0.3) is 0 Å². The summed E-state index contributed by atoms with van der Waals surface area (Å²) in [6.07, 6.45) is 0.295. The molecule has 0 radical (unpaired) electrons. The van der Waals surface area contributed by atoms with Crippen LogP contribution >= 0.6 is 0 Å². The van der Waals surface area contributed by atoms with Crippen LogP contribution in [-0.2, 0) is 6.42 Å². The van der Waals surface area contributed by atoms with Crippen LogP contribution < -0.4 is 9.47 Å². The van der Waals surface area contributed by atoms with Gasteiger partial charge in [0.1, 0.15) is 19.0 Å². The Balaban J connectivity index is 1.81. The number of hydrogen-bond donors (Lipinski definition) is 1. The Labute approximate surface area is 126 Å². The Morgan fingerprint density at radius 3 is 2.68 bits per heavy atom. The summed E-state index contributed by atoms with van der Waals surface area (Å²) in [4.78, 5) is 10.8. The zero-order valence-corrected chi connectivity index (χ0v) is 11.6. The summed E-state index contributed by atoms with van der Waals surface area (Å²) in [5, 5.41) is 18.2. The van der Waals surface area contributed by atoms with E-state index in [4.69, 9.17) is 19.0 Å². The van der Waals surface area contributed by atoms with Crippen molar-refractivity contribution in [3.8, 4) is 17.6 Å². The molecule has 1 aliphatic rings. The van der Waals surface area contributed by atoms with Crippen molar-refractivity contribution >= 4 is 5.97 Å². The second-order valence-corrected chi connectivity index (χ2v) is 4.86. The molecule has 1 unspecified atom stereocenters. The molecule has 1 aromatic carbocycles. The second-order valence-electron chi connectivity index (χ2n) is 4.86. The van der Waals surface area contributed by atoms with E-state index < -0.39 is 11.9 Å². The Morgan fingerprint density at radius 1 is 1.23 bits per heavy atom. The number of carboxylic acids is 1. The molecule has 0 spiro atoms. The van der Waals surface area contributed by atoms with Crippen LogP contribution in [-0.4, -0.2) is 24.3 Å². The summed E-state index contributed by atoms with van der Waals surface area (Å²) >= 11 is 0. The van der Waals surface area contributed by atoms with Crippen LogP contribution in [0.1, 0.15) is 27.8 Å². The highest BCUT2D eigenvalue weighted by molar-refractivity contribution is 5.84. The molecular weight excluding hydrogens is 286 g/mol. The molecule has 0 fully saturated rings. The third-order valence-electron chi connectivity index (χ3n) is 3.40. The number of ether oxygens (including phenoxy) is 2. The molecule has 0 bridgehead atoms.